The molecule has 1 fully saturated rings. The third-order valence-electron chi connectivity index (χ3n) is 4.21. The summed E-state index contributed by atoms with van der Waals surface area (Å²) in [6, 6.07) is 7.78. The molecule has 0 bridgehead atoms. The van der Waals surface area contributed by atoms with Crippen molar-refractivity contribution in [2.75, 3.05) is 25.6 Å². The van der Waals surface area contributed by atoms with Crippen molar-refractivity contribution in [2.45, 2.75) is 25.0 Å². The first-order valence-corrected chi connectivity index (χ1v) is 7.13. The summed E-state index contributed by atoms with van der Waals surface area (Å²) >= 11 is 0. The Hall–Kier alpha value is -1.85. The molecule has 5 nitrogen and oxygen atoms in total. The highest BCUT2D eigenvalue weighted by molar-refractivity contribution is 5.95. The highest BCUT2D eigenvalue weighted by Crippen LogP contribution is 2.30. The fourth-order valence-electron chi connectivity index (χ4n) is 2.74. The maximum Gasteiger partial charge on any atom is 0.134 e. The molecule has 5 heteroatoms. The molecule has 1 aliphatic rings. The van der Waals surface area contributed by atoms with Gasteiger partial charge in [-0.05, 0) is 19.1 Å². The topological polar surface area (TPSA) is 63.6 Å². The lowest BCUT2D eigenvalue weighted by Crippen LogP contribution is -2.43. The number of hydrogen-bond acceptors (Lipinski definition) is 5. The van der Waals surface area contributed by atoms with Crippen LogP contribution in [0.2, 0.25) is 0 Å². The summed E-state index contributed by atoms with van der Waals surface area (Å²) in [5, 5.41) is 15.8. The molecule has 1 saturated heterocycles. The molecule has 1 aromatic carbocycles. The van der Waals surface area contributed by atoms with Crippen molar-refractivity contribution in [2.24, 2.45) is 0 Å². The zero-order valence-electron chi connectivity index (χ0n) is 12.3. The first-order valence-electron chi connectivity index (χ1n) is 7.13. The lowest BCUT2D eigenvalue weighted by atomic mass is 9.96. The van der Waals surface area contributed by atoms with Crippen LogP contribution in [0.1, 0.15) is 13.3 Å². The minimum absolute atomic E-state index is 0.172. The van der Waals surface area contributed by atoms with Gasteiger partial charge >= 0.3 is 0 Å². The Morgan fingerprint density at radius 1 is 1.43 bits per heavy atom. The quantitative estimate of drug-likeness (QED) is 0.903. The number of ether oxygens (including phenoxy) is 2. The number of fused-ring (bicyclic) bond motifs is 1. The van der Waals surface area contributed by atoms with Gasteiger partial charge in [-0.15, -0.1) is 0 Å². The number of hydrogen-bond donors (Lipinski definition) is 2. The van der Waals surface area contributed by atoms with Crippen LogP contribution < -0.4 is 10.1 Å². The number of rotatable bonds is 4. The second kappa shape index (κ2) is 5.50. The smallest absolute Gasteiger partial charge is 0.134 e. The Morgan fingerprint density at radius 2 is 2.29 bits per heavy atom. The van der Waals surface area contributed by atoms with E-state index in [2.05, 4.69) is 10.3 Å². The second-order valence-electron chi connectivity index (χ2n) is 5.44. The van der Waals surface area contributed by atoms with Crippen molar-refractivity contribution < 1.29 is 14.6 Å². The first-order chi connectivity index (χ1) is 10.1. The van der Waals surface area contributed by atoms with Crippen molar-refractivity contribution >= 4 is 16.6 Å². The van der Waals surface area contributed by atoms with Crippen LogP contribution in [0.25, 0.3) is 10.8 Å². The summed E-state index contributed by atoms with van der Waals surface area (Å²) in [5.74, 6) is 1.56. The van der Waals surface area contributed by atoms with Crippen molar-refractivity contribution in [3.05, 3.63) is 30.5 Å². The van der Waals surface area contributed by atoms with Crippen molar-refractivity contribution in [3.63, 3.8) is 0 Å². The van der Waals surface area contributed by atoms with Gasteiger partial charge in [0, 0.05) is 36.5 Å². The number of pyridine rings is 1. The molecule has 2 heterocycles. The van der Waals surface area contributed by atoms with Gasteiger partial charge in [-0.3, -0.25) is 0 Å². The molecule has 3 rings (SSSR count). The number of nitrogens with one attached hydrogen (secondary N) is 1. The molecule has 2 N–H and O–H groups in total. The predicted molar refractivity (Wildman–Crippen MR) is 81.8 cm³/mol. The lowest BCUT2D eigenvalue weighted by molar-refractivity contribution is -0.0176. The minimum Gasteiger partial charge on any atom is -0.496 e. The van der Waals surface area contributed by atoms with Gasteiger partial charge in [0.15, 0.2) is 0 Å². The predicted octanol–water partition coefficient (Wildman–Crippen LogP) is 2.20. The van der Waals surface area contributed by atoms with Gasteiger partial charge in [0.1, 0.15) is 17.2 Å². The second-order valence-corrected chi connectivity index (χ2v) is 5.44. The van der Waals surface area contributed by atoms with Gasteiger partial charge in [0.25, 0.3) is 0 Å². The average Bonchev–Trinajstić information content (AvgIpc) is 2.84. The van der Waals surface area contributed by atoms with E-state index in [0.29, 0.717) is 19.6 Å². The van der Waals surface area contributed by atoms with Crippen LogP contribution in [0, 0.1) is 0 Å². The largest absolute Gasteiger partial charge is 0.496 e. The van der Waals surface area contributed by atoms with E-state index in [0.717, 1.165) is 22.3 Å². The minimum atomic E-state index is -0.845. The van der Waals surface area contributed by atoms with Crippen LogP contribution in [0.15, 0.2) is 30.5 Å². The summed E-state index contributed by atoms with van der Waals surface area (Å²) in [4.78, 5) is 4.38. The molecule has 0 radical (unpaired) electrons. The zero-order valence-corrected chi connectivity index (χ0v) is 12.3. The normalized spacial score (nSPS) is 25.2. The molecule has 0 spiro atoms. The Kier molecular flexibility index (Phi) is 3.69. The summed E-state index contributed by atoms with van der Waals surface area (Å²) in [7, 11) is 1.66. The summed E-state index contributed by atoms with van der Waals surface area (Å²) in [5.41, 5.74) is -0.845. The maximum absolute atomic E-state index is 10.6. The van der Waals surface area contributed by atoms with Crippen LogP contribution in [0.5, 0.6) is 5.75 Å². The number of anilines is 1. The Morgan fingerprint density at radius 3 is 3.00 bits per heavy atom. The van der Waals surface area contributed by atoms with Gasteiger partial charge in [-0.25, -0.2) is 4.98 Å². The molecule has 2 atom stereocenters. The molecule has 1 aliphatic heterocycles. The van der Waals surface area contributed by atoms with E-state index in [9.17, 15) is 5.11 Å². The number of aromatic nitrogens is 1. The maximum atomic E-state index is 10.6. The molecule has 2 unspecified atom stereocenters. The standard InChI is InChI=1S/C16H20N2O3/c1-11-16(19,7-9-21-11)10-18-15-13-4-3-5-14(20-2)12(13)6-8-17-15/h3-6,8,11,19H,7,9-10H2,1-2H3,(H,17,18). The molecule has 2 aromatic rings. The van der Waals surface area contributed by atoms with Crippen LogP contribution in [0.3, 0.4) is 0 Å². The molecule has 0 amide bonds. The van der Waals surface area contributed by atoms with Gasteiger partial charge in [-0.2, -0.15) is 0 Å². The van der Waals surface area contributed by atoms with E-state index in [1.165, 1.54) is 0 Å². The van der Waals surface area contributed by atoms with Gasteiger partial charge < -0.3 is 19.9 Å². The van der Waals surface area contributed by atoms with E-state index in [4.69, 9.17) is 9.47 Å². The fraction of sp³-hybridized carbons (Fsp3) is 0.438. The third-order valence-corrected chi connectivity index (χ3v) is 4.21. The molecule has 1 aromatic heterocycles. The molecular weight excluding hydrogens is 268 g/mol. The van der Waals surface area contributed by atoms with Crippen molar-refractivity contribution in [3.8, 4) is 5.75 Å². The Labute approximate surface area is 123 Å². The number of aliphatic hydroxyl groups is 1. The zero-order chi connectivity index (χ0) is 14.9. The van der Waals surface area contributed by atoms with Gasteiger partial charge in [0.2, 0.25) is 0 Å². The summed E-state index contributed by atoms with van der Waals surface area (Å²) in [6.07, 6.45) is 2.20. The molecule has 112 valence electrons. The van der Waals surface area contributed by atoms with Gasteiger partial charge in [-0.1, -0.05) is 12.1 Å². The highest BCUT2D eigenvalue weighted by Gasteiger charge is 2.39. The highest BCUT2D eigenvalue weighted by atomic mass is 16.5. The molecule has 0 saturated carbocycles. The molecule has 21 heavy (non-hydrogen) atoms. The van der Waals surface area contributed by atoms with E-state index >= 15 is 0 Å². The van der Waals surface area contributed by atoms with Crippen LogP contribution in [-0.2, 0) is 4.74 Å². The van der Waals surface area contributed by atoms with Crippen LogP contribution in [-0.4, -0.2) is 42.1 Å². The Bertz CT molecular complexity index is 646. The number of nitrogens with zero attached hydrogens (tertiary/aromatic N) is 1. The molecule has 0 aliphatic carbocycles. The number of methoxy groups -OCH3 is 1. The SMILES string of the molecule is COc1cccc2c(NCC3(O)CCOC3C)nccc12. The van der Waals surface area contributed by atoms with E-state index in [-0.39, 0.29) is 6.10 Å². The monoisotopic (exact) mass is 288 g/mol. The Balaban J connectivity index is 1.88. The first kappa shape index (κ1) is 14.1. The summed E-state index contributed by atoms with van der Waals surface area (Å²) < 4.78 is 10.8. The average molecular weight is 288 g/mol. The molecular formula is C16H20N2O3. The van der Waals surface area contributed by atoms with Gasteiger partial charge in [0.05, 0.1) is 13.2 Å². The van der Waals surface area contributed by atoms with Crippen LogP contribution >= 0.6 is 0 Å². The third kappa shape index (κ3) is 2.54. The summed E-state index contributed by atoms with van der Waals surface area (Å²) in [6.45, 7) is 2.90. The van der Waals surface area contributed by atoms with E-state index < -0.39 is 5.60 Å². The fourth-order valence-corrected chi connectivity index (χ4v) is 2.74. The number of benzene rings is 1. The van der Waals surface area contributed by atoms with Crippen molar-refractivity contribution in [1.82, 2.24) is 4.98 Å². The lowest BCUT2D eigenvalue weighted by Gasteiger charge is -2.26. The van der Waals surface area contributed by atoms with E-state index in [1.54, 1.807) is 13.3 Å². The van der Waals surface area contributed by atoms with Crippen LogP contribution in [0.4, 0.5) is 5.82 Å². The van der Waals surface area contributed by atoms with Crippen molar-refractivity contribution in [1.29, 1.82) is 0 Å². The van der Waals surface area contributed by atoms with E-state index in [1.807, 2.05) is 31.2 Å².